The van der Waals surface area contributed by atoms with E-state index in [0.717, 1.165) is 16.7 Å². The number of nitrogens with zero attached hydrogens (tertiary/aromatic N) is 3. The average Bonchev–Trinajstić information content (AvgIpc) is 3.29. The predicted molar refractivity (Wildman–Crippen MR) is 103 cm³/mol. The van der Waals surface area contributed by atoms with Crippen molar-refractivity contribution >= 4 is 28.8 Å². The van der Waals surface area contributed by atoms with Gasteiger partial charge in [-0.25, -0.2) is 9.78 Å². The summed E-state index contributed by atoms with van der Waals surface area (Å²) in [4.78, 5) is 46.5. The standard InChI is InChI=1S/C22H13N3O4/c26-20-16-5-1-2-6-17(16)21(27)25(20)29-22(28)14-9-11-15(12-10-14)24-13-23-18-7-3-4-8-19(18)24/h1-13H. The van der Waals surface area contributed by atoms with Gasteiger partial charge in [-0.3, -0.25) is 14.2 Å². The highest BCUT2D eigenvalue weighted by Crippen LogP contribution is 2.24. The third kappa shape index (κ3) is 2.68. The third-order valence-electron chi connectivity index (χ3n) is 4.77. The zero-order valence-electron chi connectivity index (χ0n) is 15.0. The van der Waals surface area contributed by atoms with Crippen LogP contribution in [0.3, 0.4) is 0 Å². The number of amides is 2. The Labute approximate surface area is 164 Å². The number of hydrogen-bond donors (Lipinski definition) is 0. The number of hydroxylamine groups is 2. The van der Waals surface area contributed by atoms with Crippen LogP contribution in [0.15, 0.2) is 79.1 Å². The molecule has 5 rings (SSSR count). The molecule has 0 bridgehead atoms. The van der Waals surface area contributed by atoms with Crippen LogP contribution in [0, 0.1) is 0 Å². The number of aromatic nitrogens is 2. The Kier molecular flexibility index (Phi) is 3.74. The van der Waals surface area contributed by atoms with Gasteiger partial charge in [-0.15, -0.1) is 0 Å². The van der Waals surface area contributed by atoms with E-state index in [2.05, 4.69) is 4.98 Å². The summed E-state index contributed by atoms with van der Waals surface area (Å²) in [5.74, 6) is -2.09. The number of hydrogen-bond acceptors (Lipinski definition) is 5. The Morgan fingerprint density at radius 1 is 0.793 bits per heavy atom. The zero-order valence-corrected chi connectivity index (χ0v) is 15.0. The average molecular weight is 383 g/mol. The van der Waals surface area contributed by atoms with E-state index in [1.54, 1.807) is 42.7 Å². The van der Waals surface area contributed by atoms with E-state index in [-0.39, 0.29) is 16.7 Å². The fourth-order valence-corrected chi connectivity index (χ4v) is 3.31. The fourth-order valence-electron chi connectivity index (χ4n) is 3.31. The SMILES string of the molecule is O=C(ON1C(=O)c2ccccc2C1=O)c1ccc(-n2cnc3ccccc32)cc1. The molecule has 2 amide bonds. The number of imidazole rings is 1. The monoisotopic (exact) mass is 383 g/mol. The molecule has 0 saturated heterocycles. The van der Waals surface area contributed by atoms with Crippen molar-refractivity contribution in [1.82, 2.24) is 14.6 Å². The largest absolute Gasteiger partial charge is 0.363 e. The summed E-state index contributed by atoms with van der Waals surface area (Å²) in [6.07, 6.45) is 1.71. The minimum atomic E-state index is -0.790. The Bertz CT molecular complexity index is 1260. The van der Waals surface area contributed by atoms with Crippen molar-refractivity contribution in [2.24, 2.45) is 0 Å². The summed E-state index contributed by atoms with van der Waals surface area (Å²) in [5.41, 5.74) is 3.27. The van der Waals surface area contributed by atoms with Crippen LogP contribution < -0.4 is 0 Å². The van der Waals surface area contributed by atoms with Crippen molar-refractivity contribution < 1.29 is 19.2 Å². The van der Waals surface area contributed by atoms with Gasteiger partial charge in [-0.1, -0.05) is 29.3 Å². The molecule has 3 aromatic carbocycles. The van der Waals surface area contributed by atoms with Crippen molar-refractivity contribution in [2.45, 2.75) is 0 Å². The van der Waals surface area contributed by atoms with Crippen LogP contribution in [-0.4, -0.2) is 32.4 Å². The van der Waals surface area contributed by atoms with Crippen LogP contribution in [0.1, 0.15) is 31.1 Å². The highest BCUT2D eigenvalue weighted by atomic mass is 16.7. The van der Waals surface area contributed by atoms with Gasteiger partial charge in [0.05, 0.1) is 27.7 Å². The molecule has 29 heavy (non-hydrogen) atoms. The van der Waals surface area contributed by atoms with Crippen LogP contribution in [0.5, 0.6) is 0 Å². The first-order valence-corrected chi connectivity index (χ1v) is 8.86. The number of carbonyl (C=O) groups excluding carboxylic acids is 3. The molecule has 4 aromatic rings. The van der Waals surface area contributed by atoms with Crippen molar-refractivity contribution in [1.29, 1.82) is 0 Å². The summed E-state index contributed by atoms with van der Waals surface area (Å²) in [6, 6.07) is 20.7. The van der Waals surface area contributed by atoms with Crippen molar-refractivity contribution in [2.75, 3.05) is 0 Å². The first-order chi connectivity index (χ1) is 14.1. The topological polar surface area (TPSA) is 81.5 Å². The Balaban J connectivity index is 1.38. The number of benzene rings is 3. The summed E-state index contributed by atoms with van der Waals surface area (Å²) >= 11 is 0. The lowest BCUT2D eigenvalue weighted by atomic mass is 10.1. The van der Waals surface area contributed by atoms with Crippen molar-refractivity contribution in [3.63, 3.8) is 0 Å². The summed E-state index contributed by atoms with van der Waals surface area (Å²) in [6.45, 7) is 0. The van der Waals surface area contributed by atoms with Gasteiger partial charge < -0.3 is 4.84 Å². The molecule has 7 nitrogen and oxygen atoms in total. The molecule has 0 radical (unpaired) electrons. The second-order valence-corrected chi connectivity index (χ2v) is 6.48. The summed E-state index contributed by atoms with van der Waals surface area (Å²) in [5, 5.41) is 0.504. The van der Waals surface area contributed by atoms with Gasteiger partial charge in [0.1, 0.15) is 6.33 Å². The summed E-state index contributed by atoms with van der Waals surface area (Å²) < 4.78 is 1.90. The number of fused-ring (bicyclic) bond motifs is 2. The quantitative estimate of drug-likeness (QED) is 0.507. The van der Waals surface area contributed by atoms with Crippen LogP contribution in [0.25, 0.3) is 16.7 Å². The fraction of sp³-hybridized carbons (Fsp3) is 0. The van der Waals surface area contributed by atoms with Crippen LogP contribution in [0.2, 0.25) is 0 Å². The van der Waals surface area contributed by atoms with Gasteiger partial charge in [0, 0.05) is 5.69 Å². The highest BCUT2D eigenvalue weighted by Gasteiger charge is 2.38. The first kappa shape index (κ1) is 16.9. The lowest BCUT2D eigenvalue weighted by molar-refractivity contribution is -0.0584. The van der Waals surface area contributed by atoms with Gasteiger partial charge in [0.2, 0.25) is 0 Å². The van der Waals surface area contributed by atoms with Gasteiger partial charge in [0.15, 0.2) is 0 Å². The molecule has 0 aliphatic carbocycles. The molecule has 1 aliphatic heterocycles. The molecule has 0 atom stereocenters. The van der Waals surface area contributed by atoms with Gasteiger partial charge in [0.25, 0.3) is 11.8 Å². The predicted octanol–water partition coefficient (Wildman–Crippen LogP) is 3.39. The Hall–Kier alpha value is -4.26. The summed E-state index contributed by atoms with van der Waals surface area (Å²) in [7, 11) is 0. The number of rotatable bonds is 3. The van der Waals surface area contributed by atoms with E-state index in [9.17, 15) is 14.4 Å². The van der Waals surface area contributed by atoms with E-state index in [4.69, 9.17) is 4.84 Å². The smallest absolute Gasteiger partial charge is 0.324 e. The van der Waals surface area contributed by atoms with Gasteiger partial charge in [-0.2, -0.15) is 0 Å². The second-order valence-electron chi connectivity index (χ2n) is 6.48. The van der Waals surface area contributed by atoms with Gasteiger partial charge >= 0.3 is 5.97 Å². The van der Waals surface area contributed by atoms with Gasteiger partial charge in [-0.05, 0) is 48.5 Å². The van der Waals surface area contributed by atoms with E-state index in [1.807, 2.05) is 28.8 Å². The number of para-hydroxylation sites is 2. The minimum Gasteiger partial charge on any atom is -0.324 e. The molecule has 0 unspecified atom stereocenters. The van der Waals surface area contributed by atoms with E-state index < -0.39 is 17.8 Å². The van der Waals surface area contributed by atoms with E-state index in [0.29, 0.717) is 5.06 Å². The maximum Gasteiger partial charge on any atom is 0.363 e. The maximum atomic E-state index is 12.5. The highest BCUT2D eigenvalue weighted by molar-refractivity contribution is 6.21. The molecule has 0 saturated carbocycles. The first-order valence-electron chi connectivity index (χ1n) is 8.86. The minimum absolute atomic E-state index is 0.215. The van der Waals surface area contributed by atoms with E-state index in [1.165, 1.54) is 12.1 Å². The second kappa shape index (κ2) is 6.42. The molecule has 0 fully saturated rings. The molecular formula is C22H13N3O4. The molecule has 7 heteroatoms. The normalized spacial score (nSPS) is 13.0. The van der Waals surface area contributed by atoms with Crippen molar-refractivity contribution in [3.05, 3.63) is 95.8 Å². The van der Waals surface area contributed by atoms with Crippen LogP contribution in [0.4, 0.5) is 0 Å². The van der Waals surface area contributed by atoms with Crippen LogP contribution in [-0.2, 0) is 4.84 Å². The molecular weight excluding hydrogens is 370 g/mol. The zero-order chi connectivity index (χ0) is 20.0. The molecule has 0 N–H and O–H groups in total. The number of imide groups is 1. The number of carbonyl (C=O) groups is 3. The molecule has 140 valence electrons. The molecule has 1 aliphatic rings. The molecule has 2 heterocycles. The lowest BCUT2D eigenvalue weighted by Crippen LogP contribution is -2.32. The Morgan fingerprint density at radius 2 is 1.41 bits per heavy atom. The van der Waals surface area contributed by atoms with Crippen molar-refractivity contribution in [3.8, 4) is 5.69 Å². The molecule has 1 aromatic heterocycles. The van der Waals surface area contributed by atoms with Crippen LogP contribution >= 0.6 is 0 Å². The third-order valence-corrected chi connectivity index (χ3v) is 4.77. The maximum absolute atomic E-state index is 12.5. The Morgan fingerprint density at radius 3 is 2.10 bits per heavy atom. The lowest BCUT2D eigenvalue weighted by Gasteiger charge is -2.13. The molecule has 0 spiro atoms. The van der Waals surface area contributed by atoms with E-state index >= 15 is 0 Å².